The van der Waals surface area contributed by atoms with E-state index in [9.17, 15) is 35.1 Å². The van der Waals surface area contributed by atoms with Crippen LogP contribution in [0.25, 0.3) is 11.0 Å². The maximum Gasteiger partial charge on any atom is 1.00 e. The largest absolute Gasteiger partial charge is 1.00 e. The normalized spacial score (nSPS) is 27.9. The van der Waals surface area contributed by atoms with Crippen molar-refractivity contribution in [3.63, 3.8) is 0 Å². The van der Waals surface area contributed by atoms with E-state index in [0.717, 1.165) is 0 Å². The third kappa shape index (κ3) is 5.11. The molecule has 164 valence electrons. The van der Waals surface area contributed by atoms with Gasteiger partial charge in [0.2, 0.25) is 0 Å². The molecule has 1 fully saturated rings. The van der Waals surface area contributed by atoms with Crippen molar-refractivity contribution in [2.45, 2.75) is 49.7 Å². The van der Waals surface area contributed by atoms with Gasteiger partial charge in [0, 0.05) is 23.9 Å². The number of hydrogen-bond donors (Lipinski definition) is 5. The number of carbonyl (C=O) groups is 1. The number of carboxylic acids is 1. The molecule has 1 aliphatic rings. The van der Waals surface area contributed by atoms with E-state index in [2.05, 4.69) is 0 Å². The molecule has 12 heteroatoms. The summed E-state index contributed by atoms with van der Waals surface area (Å²) < 4.78 is 15.8. The number of hydrogen-bond acceptors (Lipinski definition) is 11. The Kier molecular flexibility index (Phi) is 8.25. The van der Waals surface area contributed by atoms with Crippen LogP contribution in [0.2, 0.25) is 0 Å². The van der Waals surface area contributed by atoms with Crippen LogP contribution in [0.3, 0.4) is 0 Å². The summed E-state index contributed by atoms with van der Waals surface area (Å²) in [6, 6.07) is 5.41. The van der Waals surface area contributed by atoms with E-state index in [1.807, 2.05) is 0 Å². The number of rotatable bonds is 6. The van der Waals surface area contributed by atoms with Crippen LogP contribution in [-0.4, -0.2) is 74.4 Å². The number of carbonyl (C=O) groups excluding carboxylic acids is 1. The summed E-state index contributed by atoms with van der Waals surface area (Å²) in [5, 5.41) is 61.4. The first-order valence-corrected chi connectivity index (χ1v) is 9.04. The van der Waals surface area contributed by atoms with Gasteiger partial charge in [-0.3, -0.25) is 0 Å². The molecule has 5 N–H and O–H groups in total. The average Bonchev–Trinajstić information content (AvgIpc) is 2.68. The molecule has 4 unspecified atom stereocenters. The fourth-order valence-corrected chi connectivity index (χ4v) is 3.35. The second-order valence-corrected chi connectivity index (χ2v) is 7.13. The van der Waals surface area contributed by atoms with Crippen LogP contribution in [0, 0.1) is 6.92 Å². The van der Waals surface area contributed by atoms with Crippen LogP contribution in [0.1, 0.15) is 12.0 Å². The molecule has 0 aliphatic carbocycles. The Bertz CT molecular complexity index is 992. The predicted molar refractivity (Wildman–Crippen MR) is 96.2 cm³/mol. The molecule has 3 rings (SSSR count). The number of aliphatic hydroxyl groups excluding tert-OH is 5. The third-order valence-corrected chi connectivity index (χ3v) is 4.97. The molecule has 2 aromatic rings. The van der Waals surface area contributed by atoms with Crippen molar-refractivity contribution < 1.29 is 78.9 Å². The summed E-state index contributed by atoms with van der Waals surface area (Å²) in [4.78, 5) is 23.5. The molecule has 6 atom stereocenters. The number of aliphatic hydroxyl groups is 5. The van der Waals surface area contributed by atoms with E-state index in [4.69, 9.17) is 19.0 Å². The molecule has 31 heavy (non-hydrogen) atoms. The first-order valence-electron chi connectivity index (χ1n) is 9.04. The Morgan fingerprint density at radius 3 is 2.61 bits per heavy atom. The van der Waals surface area contributed by atoms with E-state index in [0.29, 0.717) is 10.9 Å². The maximum absolute atomic E-state index is 11.9. The van der Waals surface area contributed by atoms with Gasteiger partial charge in [-0.1, -0.05) is 0 Å². The predicted octanol–water partition coefficient (Wildman–Crippen LogP) is -5.84. The standard InChI is InChI=1S/C19H22O11.Na/c1-8-4-14(23)28-13-5-9(2-3-10(8)13)29-19(18(26)27)6-11(21)15(24)17(30-19)16(25)12(22)7-20;/h2-5,11-12,15-17,20-22,24-25H,6-7H2,1H3,(H,26,27);/q;+1/p-1/t11?,12-,15?,16-,17?,19?;/m1./s1. The van der Waals surface area contributed by atoms with Gasteiger partial charge in [0.1, 0.15) is 41.7 Å². The Labute approximate surface area is 197 Å². The third-order valence-electron chi connectivity index (χ3n) is 4.97. The first kappa shape index (κ1) is 25.7. The zero-order valence-electron chi connectivity index (χ0n) is 16.8. The molecule has 11 nitrogen and oxygen atoms in total. The van der Waals surface area contributed by atoms with Gasteiger partial charge in [0.05, 0.1) is 12.7 Å². The fourth-order valence-electron chi connectivity index (χ4n) is 3.35. The molecule has 1 aromatic carbocycles. The van der Waals surface area contributed by atoms with Crippen molar-refractivity contribution >= 4 is 16.9 Å². The Hall–Kier alpha value is -1.54. The number of fused-ring (bicyclic) bond motifs is 1. The van der Waals surface area contributed by atoms with E-state index < -0.39 is 60.9 Å². The van der Waals surface area contributed by atoms with Gasteiger partial charge in [-0.2, -0.15) is 0 Å². The number of carboxylic acid groups (broad SMARTS) is 1. The first-order chi connectivity index (χ1) is 14.1. The van der Waals surface area contributed by atoms with Crippen molar-refractivity contribution in [1.29, 1.82) is 0 Å². The van der Waals surface area contributed by atoms with Gasteiger partial charge in [-0.15, -0.1) is 0 Å². The van der Waals surface area contributed by atoms with Crippen LogP contribution in [0.15, 0.2) is 33.5 Å². The summed E-state index contributed by atoms with van der Waals surface area (Å²) >= 11 is 0. The van der Waals surface area contributed by atoms with Gasteiger partial charge >= 0.3 is 35.2 Å². The summed E-state index contributed by atoms with van der Waals surface area (Å²) in [5.74, 6) is -4.70. The molecule has 1 aromatic heterocycles. The summed E-state index contributed by atoms with van der Waals surface area (Å²) in [6.45, 7) is 0.773. The molecular formula is C19H21NaO11. The van der Waals surface area contributed by atoms with Gasteiger partial charge in [0.15, 0.2) is 0 Å². The van der Waals surface area contributed by atoms with Crippen molar-refractivity contribution in [3.8, 4) is 5.75 Å². The van der Waals surface area contributed by atoms with E-state index in [1.54, 1.807) is 6.92 Å². The van der Waals surface area contributed by atoms with Crippen molar-refractivity contribution in [3.05, 3.63) is 40.2 Å². The van der Waals surface area contributed by atoms with Crippen LogP contribution in [0.5, 0.6) is 5.75 Å². The zero-order chi connectivity index (χ0) is 22.2. The Morgan fingerprint density at radius 2 is 2.00 bits per heavy atom. The molecule has 1 aliphatic heterocycles. The summed E-state index contributed by atoms with van der Waals surface area (Å²) in [7, 11) is 0. The minimum absolute atomic E-state index is 0. The number of aliphatic carboxylic acids is 1. The Balaban J connectivity index is 0.00000341. The number of benzene rings is 1. The second kappa shape index (κ2) is 9.94. The van der Waals surface area contributed by atoms with Gasteiger partial charge in [-0.25, -0.2) is 4.79 Å². The van der Waals surface area contributed by atoms with E-state index in [-0.39, 0.29) is 40.9 Å². The summed E-state index contributed by atoms with van der Waals surface area (Å²) in [6.07, 6.45) is -9.84. The average molecular weight is 448 g/mol. The van der Waals surface area contributed by atoms with E-state index in [1.165, 1.54) is 24.3 Å². The molecule has 2 heterocycles. The molecule has 0 spiro atoms. The minimum Gasteiger partial charge on any atom is -0.543 e. The topological polar surface area (TPSA) is 190 Å². The quantitative estimate of drug-likeness (QED) is 0.209. The molecular weight excluding hydrogens is 427 g/mol. The summed E-state index contributed by atoms with van der Waals surface area (Å²) in [5.41, 5.74) is 0.103. The van der Waals surface area contributed by atoms with E-state index >= 15 is 0 Å². The van der Waals surface area contributed by atoms with Crippen LogP contribution in [-0.2, 0) is 9.53 Å². The van der Waals surface area contributed by atoms with Crippen LogP contribution in [0.4, 0.5) is 0 Å². The van der Waals surface area contributed by atoms with Gasteiger partial charge in [0.25, 0.3) is 5.79 Å². The molecule has 0 saturated carbocycles. The van der Waals surface area contributed by atoms with Crippen LogP contribution >= 0.6 is 0 Å². The van der Waals surface area contributed by atoms with Gasteiger partial charge < -0.3 is 49.3 Å². The number of ether oxygens (including phenoxy) is 2. The molecule has 0 amide bonds. The second-order valence-electron chi connectivity index (χ2n) is 7.13. The van der Waals surface area contributed by atoms with Crippen molar-refractivity contribution in [1.82, 2.24) is 0 Å². The maximum atomic E-state index is 11.9. The van der Waals surface area contributed by atoms with Gasteiger partial charge in [-0.05, 0) is 24.6 Å². The fraction of sp³-hybridized carbons (Fsp3) is 0.474. The van der Waals surface area contributed by atoms with Crippen molar-refractivity contribution in [2.24, 2.45) is 0 Å². The monoisotopic (exact) mass is 448 g/mol. The van der Waals surface area contributed by atoms with Crippen LogP contribution < -0.4 is 45.0 Å². The molecule has 0 bridgehead atoms. The zero-order valence-corrected chi connectivity index (χ0v) is 18.8. The molecule has 0 radical (unpaired) electrons. The Morgan fingerprint density at radius 1 is 1.32 bits per heavy atom. The molecule has 1 saturated heterocycles. The number of aryl methyl sites for hydroxylation is 1. The van der Waals surface area contributed by atoms with Crippen molar-refractivity contribution in [2.75, 3.05) is 6.61 Å². The minimum atomic E-state index is -2.66. The smallest absolute Gasteiger partial charge is 0.543 e. The SMILES string of the molecule is Cc1cc(=O)oc2cc(OC3(C(=O)[O-])CC(O)C(O)C([C@H](O)[C@H](O)CO)O3)ccc12.[Na+].